The Morgan fingerprint density at radius 3 is 1.68 bits per heavy atom. The van der Waals surface area contributed by atoms with E-state index in [4.69, 9.17) is 0 Å². The predicted molar refractivity (Wildman–Crippen MR) is 108 cm³/mol. The second-order valence-electron chi connectivity index (χ2n) is 7.69. The van der Waals surface area contributed by atoms with Crippen molar-refractivity contribution in [3.8, 4) is 0 Å². The third-order valence-corrected chi connectivity index (χ3v) is 7.24. The van der Waals surface area contributed by atoms with Crippen LogP contribution in [0.25, 0.3) is 0 Å². The van der Waals surface area contributed by atoms with Gasteiger partial charge < -0.3 is 5.32 Å². The van der Waals surface area contributed by atoms with Crippen LogP contribution in [0.3, 0.4) is 0 Å². The number of alkyl halides is 1. The molecule has 126 valence electrons. The molecule has 0 spiro atoms. The summed E-state index contributed by atoms with van der Waals surface area (Å²) in [5.41, 5.74) is 9.09. The van der Waals surface area contributed by atoms with E-state index in [1.165, 1.54) is 37.8 Å². The zero-order valence-corrected chi connectivity index (χ0v) is 18.1. The van der Waals surface area contributed by atoms with Gasteiger partial charge in [-0.1, -0.05) is 43.4 Å². The normalized spacial score (nSPS) is 15.0. The van der Waals surface area contributed by atoms with Gasteiger partial charge in [0, 0.05) is 17.0 Å². The first-order chi connectivity index (χ1) is 10.0. The Kier molecular flexibility index (Phi) is 6.94. The fraction of sp³-hybridized carbons (Fsp3) is 0.700. The lowest BCUT2D eigenvalue weighted by molar-refractivity contribution is 0.236. The Hall–Kier alpha value is -0.0900. The first-order valence-corrected chi connectivity index (χ1v) is 9.93. The summed E-state index contributed by atoms with van der Waals surface area (Å²) < 4.78 is 1.21. The van der Waals surface area contributed by atoms with E-state index in [1.54, 1.807) is 0 Å². The molecular formula is C20H34IN. The summed E-state index contributed by atoms with van der Waals surface area (Å²) in [6, 6.07) is 0.402. The number of rotatable bonds is 6. The van der Waals surface area contributed by atoms with Crippen LogP contribution in [0.1, 0.15) is 67.1 Å². The highest BCUT2D eigenvalue weighted by atomic mass is 127. The second kappa shape index (κ2) is 7.65. The SMILES string of the molecule is Cc1c(C)c(C)c(C(C)NCC(C)(C)C(C)CI)c(C)c1C. The minimum absolute atomic E-state index is 0.325. The highest BCUT2D eigenvalue weighted by molar-refractivity contribution is 14.1. The molecular weight excluding hydrogens is 381 g/mol. The Labute approximate surface area is 151 Å². The molecule has 0 aliphatic heterocycles. The number of nitrogens with one attached hydrogen (secondary N) is 1. The summed E-state index contributed by atoms with van der Waals surface area (Å²) in [6.07, 6.45) is 0. The van der Waals surface area contributed by atoms with Gasteiger partial charge in [0.15, 0.2) is 0 Å². The second-order valence-corrected chi connectivity index (χ2v) is 8.57. The van der Waals surface area contributed by atoms with E-state index in [9.17, 15) is 0 Å². The van der Waals surface area contributed by atoms with Crippen LogP contribution in [0.5, 0.6) is 0 Å². The van der Waals surface area contributed by atoms with Gasteiger partial charge in [0.2, 0.25) is 0 Å². The smallest absolute Gasteiger partial charge is 0.0297 e. The molecule has 0 aromatic heterocycles. The van der Waals surface area contributed by atoms with Crippen molar-refractivity contribution in [1.29, 1.82) is 0 Å². The van der Waals surface area contributed by atoms with E-state index < -0.39 is 0 Å². The molecule has 0 radical (unpaired) electrons. The molecule has 0 heterocycles. The van der Waals surface area contributed by atoms with Crippen molar-refractivity contribution in [3.63, 3.8) is 0 Å². The van der Waals surface area contributed by atoms with Crippen molar-refractivity contribution in [2.24, 2.45) is 11.3 Å². The maximum Gasteiger partial charge on any atom is 0.0297 e. The van der Waals surface area contributed by atoms with Gasteiger partial charge >= 0.3 is 0 Å². The minimum atomic E-state index is 0.325. The lowest BCUT2D eigenvalue weighted by atomic mass is 9.80. The molecule has 1 aromatic carbocycles. The van der Waals surface area contributed by atoms with Crippen molar-refractivity contribution in [2.75, 3.05) is 11.0 Å². The molecule has 2 atom stereocenters. The first kappa shape index (κ1) is 20.0. The Balaban J connectivity index is 3.03. The monoisotopic (exact) mass is 415 g/mol. The summed E-state index contributed by atoms with van der Waals surface area (Å²) >= 11 is 2.50. The molecule has 2 heteroatoms. The van der Waals surface area contributed by atoms with Gasteiger partial charge in [0.25, 0.3) is 0 Å². The zero-order chi connectivity index (χ0) is 17.2. The van der Waals surface area contributed by atoms with Crippen molar-refractivity contribution in [1.82, 2.24) is 5.32 Å². The van der Waals surface area contributed by atoms with Crippen molar-refractivity contribution >= 4 is 22.6 Å². The molecule has 0 saturated carbocycles. The fourth-order valence-electron chi connectivity index (χ4n) is 3.08. The molecule has 1 nitrogen and oxygen atoms in total. The predicted octanol–water partition coefficient (Wildman–Crippen LogP) is 5.98. The van der Waals surface area contributed by atoms with Crippen LogP contribution in [0, 0.1) is 46.0 Å². The van der Waals surface area contributed by atoms with Crippen LogP contribution < -0.4 is 5.32 Å². The molecule has 0 amide bonds. The Morgan fingerprint density at radius 1 is 0.864 bits per heavy atom. The molecule has 22 heavy (non-hydrogen) atoms. The average molecular weight is 415 g/mol. The molecule has 1 N–H and O–H groups in total. The topological polar surface area (TPSA) is 12.0 Å². The van der Waals surface area contributed by atoms with Crippen LogP contribution in [0.15, 0.2) is 0 Å². The van der Waals surface area contributed by atoms with Gasteiger partial charge in [0.1, 0.15) is 0 Å². The van der Waals surface area contributed by atoms with Crippen LogP contribution >= 0.6 is 22.6 Å². The van der Waals surface area contributed by atoms with E-state index in [2.05, 4.69) is 90.2 Å². The van der Waals surface area contributed by atoms with Gasteiger partial charge in [-0.25, -0.2) is 0 Å². The lowest BCUT2D eigenvalue weighted by Gasteiger charge is -2.33. The first-order valence-electron chi connectivity index (χ1n) is 8.40. The molecule has 0 aliphatic carbocycles. The van der Waals surface area contributed by atoms with Crippen LogP contribution in [0.2, 0.25) is 0 Å². The van der Waals surface area contributed by atoms with E-state index in [1.807, 2.05) is 0 Å². The Bertz CT molecular complexity index is 502. The highest BCUT2D eigenvalue weighted by Gasteiger charge is 2.26. The lowest BCUT2D eigenvalue weighted by Crippen LogP contribution is -2.36. The summed E-state index contributed by atoms with van der Waals surface area (Å²) in [5, 5.41) is 3.81. The molecule has 1 rings (SSSR count). The molecule has 0 fully saturated rings. The van der Waals surface area contributed by atoms with Gasteiger partial charge in [0.05, 0.1) is 0 Å². The molecule has 1 aromatic rings. The minimum Gasteiger partial charge on any atom is -0.310 e. The van der Waals surface area contributed by atoms with E-state index >= 15 is 0 Å². The van der Waals surface area contributed by atoms with Crippen molar-refractivity contribution in [2.45, 2.75) is 68.4 Å². The van der Waals surface area contributed by atoms with Gasteiger partial charge in [-0.05, 0) is 86.3 Å². The molecule has 2 unspecified atom stereocenters. The maximum atomic E-state index is 3.81. The van der Waals surface area contributed by atoms with Crippen LogP contribution in [0.4, 0.5) is 0 Å². The molecule has 0 bridgehead atoms. The summed E-state index contributed by atoms with van der Waals surface area (Å²) in [4.78, 5) is 0. The standard InChI is InChI=1S/C20H34IN/c1-12(10-21)20(8,9)11-22-18(7)19-16(5)14(3)13(2)15(4)17(19)6/h12,18,22H,10-11H2,1-9H3. The van der Waals surface area contributed by atoms with Gasteiger partial charge in [-0.3, -0.25) is 0 Å². The molecule has 0 aliphatic rings. The fourth-order valence-corrected chi connectivity index (χ4v) is 4.27. The molecule has 0 saturated heterocycles. The van der Waals surface area contributed by atoms with Crippen molar-refractivity contribution in [3.05, 3.63) is 33.4 Å². The number of hydrogen-bond acceptors (Lipinski definition) is 1. The summed E-state index contributed by atoms with van der Waals surface area (Å²) in [6.45, 7) is 21.8. The summed E-state index contributed by atoms with van der Waals surface area (Å²) in [5.74, 6) is 0.719. The van der Waals surface area contributed by atoms with E-state index in [-0.39, 0.29) is 0 Å². The average Bonchev–Trinajstić information content (AvgIpc) is 2.48. The third kappa shape index (κ3) is 4.05. The third-order valence-electron chi connectivity index (χ3n) is 5.92. The number of halogens is 1. The summed E-state index contributed by atoms with van der Waals surface area (Å²) in [7, 11) is 0. The van der Waals surface area contributed by atoms with E-state index in [0.717, 1.165) is 12.5 Å². The van der Waals surface area contributed by atoms with Crippen molar-refractivity contribution < 1.29 is 0 Å². The number of hydrogen-bond donors (Lipinski definition) is 1. The number of benzene rings is 1. The van der Waals surface area contributed by atoms with E-state index in [0.29, 0.717) is 11.5 Å². The quantitative estimate of drug-likeness (QED) is 0.445. The highest BCUT2D eigenvalue weighted by Crippen LogP contribution is 2.32. The van der Waals surface area contributed by atoms with Crippen LogP contribution in [-0.4, -0.2) is 11.0 Å². The zero-order valence-electron chi connectivity index (χ0n) is 15.9. The largest absolute Gasteiger partial charge is 0.310 e. The maximum absolute atomic E-state index is 3.81. The van der Waals surface area contributed by atoms with Crippen LogP contribution in [-0.2, 0) is 0 Å². The van der Waals surface area contributed by atoms with Gasteiger partial charge in [-0.15, -0.1) is 0 Å². The Morgan fingerprint density at radius 2 is 1.27 bits per heavy atom. The van der Waals surface area contributed by atoms with Gasteiger partial charge in [-0.2, -0.15) is 0 Å².